The van der Waals surface area contributed by atoms with Gasteiger partial charge in [-0.2, -0.15) is 0 Å². The van der Waals surface area contributed by atoms with Crippen LogP contribution in [0.1, 0.15) is 42.5 Å². The van der Waals surface area contributed by atoms with E-state index >= 15 is 0 Å². The van der Waals surface area contributed by atoms with E-state index in [-0.39, 0.29) is 11.0 Å². The van der Waals surface area contributed by atoms with Crippen LogP contribution in [0.25, 0.3) is 0 Å². The third-order valence-corrected chi connectivity index (χ3v) is 4.05. The van der Waals surface area contributed by atoms with Crippen LogP contribution < -0.4 is 5.32 Å². The zero-order chi connectivity index (χ0) is 14.8. The van der Waals surface area contributed by atoms with E-state index in [0.29, 0.717) is 12.8 Å². The molecule has 0 saturated heterocycles. The molecule has 0 spiro atoms. The largest absolute Gasteiger partial charge is 0.388 e. The van der Waals surface area contributed by atoms with Gasteiger partial charge in [0.15, 0.2) is 0 Å². The van der Waals surface area contributed by atoms with Crippen molar-refractivity contribution >= 4 is 21.8 Å². The summed E-state index contributed by atoms with van der Waals surface area (Å²) < 4.78 is 27.5. The highest BCUT2D eigenvalue weighted by atomic mass is 79.9. The molecule has 3 nitrogen and oxygen atoms in total. The second kappa shape index (κ2) is 6.18. The van der Waals surface area contributed by atoms with Gasteiger partial charge in [0.1, 0.15) is 17.2 Å². The Bertz CT molecular complexity index is 493. The van der Waals surface area contributed by atoms with Crippen LogP contribution >= 0.6 is 15.9 Å². The molecule has 1 aromatic carbocycles. The molecule has 1 saturated carbocycles. The number of rotatable bonds is 3. The number of hydrogen-bond acceptors (Lipinski definition) is 2. The lowest BCUT2D eigenvalue weighted by Crippen LogP contribution is -2.44. The van der Waals surface area contributed by atoms with Gasteiger partial charge in [-0.15, -0.1) is 0 Å². The van der Waals surface area contributed by atoms with Crippen LogP contribution in [0.2, 0.25) is 0 Å². The smallest absolute Gasteiger partial charge is 0.257 e. The van der Waals surface area contributed by atoms with E-state index in [1.54, 1.807) is 0 Å². The molecule has 0 aliphatic heterocycles. The Labute approximate surface area is 124 Å². The summed E-state index contributed by atoms with van der Waals surface area (Å²) >= 11 is 2.95. The van der Waals surface area contributed by atoms with E-state index in [9.17, 15) is 18.7 Å². The first-order chi connectivity index (χ1) is 9.41. The van der Waals surface area contributed by atoms with Crippen LogP contribution in [0.3, 0.4) is 0 Å². The van der Waals surface area contributed by atoms with Gasteiger partial charge in [0.05, 0.1) is 5.60 Å². The standard InChI is InChI=1S/C14H16BrF2NO2/c15-9-6-10(16)12(11(17)7-9)13(19)18-8-14(20)4-2-1-3-5-14/h6-7,20H,1-5,8H2,(H,18,19). The van der Waals surface area contributed by atoms with E-state index in [1.807, 2.05) is 0 Å². The maximum Gasteiger partial charge on any atom is 0.257 e. The molecule has 6 heteroatoms. The lowest BCUT2D eigenvalue weighted by atomic mass is 9.85. The van der Waals surface area contributed by atoms with Crippen LogP contribution in [-0.2, 0) is 0 Å². The molecule has 1 aromatic rings. The van der Waals surface area contributed by atoms with Crippen molar-refractivity contribution in [3.63, 3.8) is 0 Å². The Morgan fingerprint density at radius 3 is 2.35 bits per heavy atom. The maximum atomic E-state index is 13.6. The molecule has 0 heterocycles. The molecule has 0 radical (unpaired) electrons. The van der Waals surface area contributed by atoms with E-state index < -0.39 is 28.7 Å². The van der Waals surface area contributed by atoms with Crippen molar-refractivity contribution < 1.29 is 18.7 Å². The van der Waals surface area contributed by atoms with E-state index in [1.165, 1.54) is 0 Å². The van der Waals surface area contributed by atoms with Gasteiger partial charge >= 0.3 is 0 Å². The zero-order valence-corrected chi connectivity index (χ0v) is 12.5. The number of carbonyl (C=O) groups excluding carboxylic acids is 1. The van der Waals surface area contributed by atoms with Gasteiger partial charge in [-0.1, -0.05) is 35.2 Å². The molecule has 1 amide bonds. The lowest BCUT2D eigenvalue weighted by molar-refractivity contribution is 0.00517. The predicted octanol–water partition coefficient (Wildman–Crippen LogP) is 3.15. The number of amides is 1. The summed E-state index contributed by atoms with van der Waals surface area (Å²) in [5.74, 6) is -2.69. The fourth-order valence-corrected chi connectivity index (χ4v) is 2.88. The maximum absolute atomic E-state index is 13.6. The summed E-state index contributed by atoms with van der Waals surface area (Å²) in [6, 6.07) is 2.07. The summed E-state index contributed by atoms with van der Waals surface area (Å²) in [6.45, 7) is 0.0147. The topological polar surface area (TPSA) is 49.3 Å². The zero-order valence-electron chi connectivity index (χ0n) is 10.9. The summed E-state index contributed by atoms with van der Waals surface area (Å²) in [5.41, 5.74) is -1.58. The Hall–Kier alpha value is -1.01. The molecule has 0 aromatic heterocycles. The highest BCUT2D eigenvalue weighted by Gasteiger charge is 2.30. The molecule has 2 rings (SSSR count). The fraction of sp³-hybridized carbons (Fsp3) is 0.500. The Kier molecular flexibility index (Phi) is 4.75. The predicted molar refractivity (Wildman–Crippen MR) is 74.4 cm³/mol. The molecular weight excluding hydrogens is 332 g/mol. The van der Waals surface area contributed by atoms with E-state index in [2.05, 4.69) is 21.2 Å². The van der Waals surface area contributed by atoms with Crippen molar-refractivity contribution in [3.8, 4) is 0 Å². The summed E-state index contributed by atoms with van der Waals surface area (Å²) in [5, 5.41) is 12.7. The average molecular weight is 348 g/mol. The minimum absolute atomic E-state index is 0.0147. The Morgan fingerprint density at radius 1 is 1.25 bits per heavy atom. The molecule has 110 valence electrons. The average Bonchev–Trinajstić information content (AvgIpc) is 2.36. The molecule has 20 heavy (non-hydrogen) atoms. The molecule has 1 aliphatic rings. The second-order valence-corrected chi connectivity index (χ2v) is 6.13. The molecule has 0 unspecified atom stereocenters. The van der Waals surface area contributed by atoms with Crippen molar-refractivity contribution in [1.29, 1.82) is 0 Å². The quantitative estimate of drug-likeness (QED) is 0.882. The molecule has 0 bridgehead atoms. The fourth-order valence-electron chi connectivity index (χ4n) is 2.48. The van der Waals surface area contributed by atoms with E-state index in [0.717, 1.165) is 31.4 Å². The van der Waals surface area contributed by atoms with Crippen LogP contribution in [0.4, 0.5) is 8.78 Å². The van der Waals surface area contributed by atoms with Crippen LogP contribution in [0.5, 0.6) is 0 Å². The van der Waals surface area contributed by atoms with Crippen LogP contribution in [0.15, 0.2) is 16.6 Å². The SMILES string of the molecule is O=C(NCC1(O)CCCCC1)c1c(F)cc(Br)cc1F. The second-order valence-electron chi connectivity index (χ2n) is 5.21. The first-order valence-corrected chi connectivity index (χ1v) is 7.36. The Balaban J connectivity index is 2.05. The third kappa shape index (κ3) is 3.55. The number of halogens is 3. The van der Waals surface area contributed by atoms with Crippen molar-refractivity contribution in [3.05, 3.63) is 33.8 Å². The van der Waals surface area contributed by atoms with Gasteiger partial charge in [0.2, 0.25) is 0 Å². The van der Waals surface area contributed by atoms with Crippen molar-refractivity contribution in [2.24, 2.45) is 0 Å². The number of carbonyl (C=O) groups is 1. The van der Waals surface area contributed by atoms with Crippen LogP contribution in [0, 0.1) is 11.6 Å². The van der Waals surface area contributed by atoms with Gasteiger partial charge < -0.3 is 10.4 Å². The minimum Gasteiger partial charge on any atom is -0.388 e. The highest BCUT2D eigenvalue weighted by Crippen LogP contribution is 2.27. The normalized spacial score (nSPS) is 17.8. The summed E-state index contributed by atoms with van der Waals surface area (Å²) in [4.78, 5) is 11.9. The molecule has 1 fully saturated rings. The number of aliphatic hydroxyl groups is 1. The van der Waals surface area contributed by atoms with Gasteiger partial charge in [0.25, 0.3) is 5.91 Å². The first-order valence-electron chi connectivity index (χ1n) is 6.56. The van der Waals surface area contributed by atoms with Gasteiger partial charge in [-0.05, 0) is 25.0 Å². The van der Waals surface area contributed by atoms with Crippen molar-refractivity contribution in [2.75, 3.05) is 6.54 Å². The number of hydrogen-bond donors (Lipinski definition) is 2. The number of benzene rings is 1. The van der Waals surface area contributed by atoms with Gasteiger partial charge in [-0.25, -0.2) is 8.78 Å². The minimum atomic E-state index is -0.962. The van der Waals surface area contributed by atoms with Gasteiger partial charge in [0, 0.05) is 11.0 Å². The van der Waals surface area contributed by atoms with Gasteiger partial charge in [-0.3, -0.25) is 4.79 Å². The van der Waals surface area contributed by atoms with Crippen LogP contribution in [-0.4, -0.2) is 23.2 Å². The monoisotopic (exact) mass is 347 g/mol. The third-order valence-electron chi connectivity index (χ3n) is 3.60. The highest BCUT2D eigenvalue weighted by molar-refractivity contribution is 9.10. The lowest BCUT2D eigenvalue weighted by Gasteiger charge is -2.32. The molecule has 2 N–H and O–H groups in total. The number of nitrogens with one attached hydrogen (secondary N) is 1. The molecule has 1 aliphatic carbocycles. The molecular formula is C14H16BrF2NO2. The first kappa shape index (κ1) is 15.4. The summed E-state index contributed by atoms with van der Waals surface area (Å²) in [7, 11) is 0. The van der Waals surface area contributed by atoms with Crippen molar-refractivity contribution in [1.82, 2.24) is 5.32 Å². The molecule has 0 atom stereocenters. The Morgan fingerprint density at radius 2 is 1.80 bits per heavy atom. The summed E-state index contributed by atoms with van der Waals surface area (Å²) in [6.07, 6.45) is 4.05. The van der Waals surface area contributed by atoms with Crippen molar-refractivity contribution in [2.45, 2.75) is 37.7 Å². The van der Waals surface area contributed by atoms with E-state index in [4.69, 9.17) is 0 Å².